The highest BCUT2D eigenvalue weighted by Gasteiger charge is 2.27. The number of piperazine rings is 1. The molecule has 2 N–H and O–H groups in total. The Labute approximate surface area is 147 Å². The monoisotopic (exact) mass is 335 g/mol. The molecule has 0 aliphatic carbocycles. The van der Waals surface area contributed by atoms with E-state index < -0.39 is 0 Å². The lowest BCUT2D eigenvalue weighted by Gasteiger charge is -2.32. The van der Waals surface area contributed by atoms with Crippen molar-refractivity contribution in [1.82, 2.24) is 15.6 Å². The van der Waals surface area contributed by atoms with Gasteiger partial charge < -0.3 is 10.6 Å². The molecule has 2 heterocycles. The highest BCUT2D eigenvalue weighted by Crippen LogP contribution is 2.28. The molecule has 3 nitrogen and oxygen atoms in total. The molecule has 0 amide bonds. The first-order chi connectivity index (χ1) is 12.3. The van der Waals surface area contributed by atoms with E-state index in [9.17, 15) is 4.39 Å². The molecule has 1 aliphatic rings. The third kappa shape index (κ3) is 3.55. The summed E-state index contributed by atoms with van der Waals surface area (Å²) in [6.07, 6.45) is 2.60. The van der Waals surface area contributed by atoms with Crippen molar-refractivity contribution in [2.24, 2.45) is 0 Å². The SMILES string of the molecule is Fc1ccccc1C(Cc1ccc2cccnc2c1)C1CNCCN1. The van der Waals surface area contributed by atoms with Gasteiger partial charge >= 0.3 is 0 Å². The Morgan fingerprint density at radius 1 is 1.08 bits per heavy atom. The number of rotatable bonds is 4. The predicted octanol–water partition coefficient (Wildman–Crippen LogP) is 3.26. The molecule has 4 rings (SSSR count). The molecule has 2 atom stereocenters. The Morgan fingerprint density at radius 3 is 2.84 bits per heavy atom. The highest BCUT2D eigenvalue weighted by atomic mass is 19.1. The second kappa shape index (κ2) is 7.30. The largest absolute Gasteiger partial charge is 0.314 e. The van der Waals surface area contributed by atoms with Gasteiger partial charge in [-0.3, -0.25) is 4.98 Å². The summed E-state index contributed by atoms with van der Waals surface area (Å²) in [6, 6.07) is 17.7. The average Bonchev–Trinajstić information content (AvgIpc) is 2.67. The lowest BCUT2D eigenvalue weighted by molar-refractivity contribution is 0.358. The van der Waals surface area contributed by atoms with Crippen molar-refractivity contribution in [2.75, 3.05) is 19.6 Å². The van der Waals surface area contributed by atoms with Crippen molar-refractivity contribution in [3.05, 3.63) is 77.7 Å². The number of nitrogens with zero attached hydrogens (tertiary/aromatic N) is 1. The maximum absolute atomic E-state index is 14.5. The zero-order valence-electron chi connectivity index (χ0n) is 14.1. The molecule has 0 spiro atoms. The van der Waals surface area contributed by atoms with Crippen molar-refractivity contribution in [3.8, 4) is 0 Å². The van der Waals surface area contributed by atoms with Gasteiger partial charge in [-0.25, -0.2) is 4.39 Å². The Hall–Kier alpha value is -2.30. The fraction of sp³-hybridized carbons (Fsp3) is 0.286. The summed E-state index contributed by atoms with van der Waals surface area (Å²) in [5.41, 5.74) is 2.96. The van der Waals surface area contributed by atoms with Gasteiger partial charge in [0.25, 0.3) is 0 Å². The van der Waals surface area contributed by atoms with E-state index in [1.54, 1.807) is 12.1 Å². The van der Waals surface area contributed by atoms with Gasteiger partial charge in [0.15, 0.2) is 0 Å². The van der Waals surface area contributed by atoms with Crippen LogP contribution in [0.15, 0.2) is 60.8 Å². The second-order valence-corrected chi connectivity index (χ2v) is 6.63. The van der Waals surface area contributed by atoms with Crippen LogP contribution in [0.5, 0.6) is 0 Å². The fourth-order valence-electron chi connectivity index (χ4n) is 3.70. The Balaban J connectivity index is 1.68. The van der Waals surface area contributed by atoms with Crippen LogP contribution in [0.1, 0.15) is 17.0 Å². The summed E-state index contributed by atoms with van der Waals surface area (Å²) >= 11 is 0. The molecule has 4 heteroatoms. The van der Waals surface area contributed by atoms with Crippen molar-refractivity contribution >= 4 is 10.9 Å². The second-order valence-electron chi connectivity index (χ2n) is 6.63. The lowest BCUT2D eigenvalue weighted by Crippen LogP contribution is -2.51. The van der Waals surface area contributed by atoms with E-state index in [0.717, 1.165) is 42.5 Å². The molecule has 3 aromatic rings. The van der Waals surface area contributed by atoms with Crippen LogP contribution in [0.25, 0.3) is 10.9 Å². The van der Waals surface area contributed by atoms with Gasteiger partial charge in [0.2, 0.25) is 0 Å². The number of pyridine rings is 1. The summed E-state index contributed by atoms with van der Waals surface area (Å²) in [5.74, 6) is -0.0473. The standard InChI is InChI=1S/C21H22FN3/c22-19-6-2-1-5-17(19)18(21-14-23-10-11-25-21)12-15-7-8-16-4-3-9-24-20(16)13-15/h1-9,13,18,21,23,25H,10-12,14H2. The van der Waals surface area contributed by atoms with Gasteiger partial charge in [0, 0.05) is 43.2 Å². The first-order valence-corrected chi connectivity index (χ1v) is 8.83. The summed E-state index contributed by atoms with van der Waals surface area (Å²) in [5, 5.41) is 8.11. The minimum atomic E-state index is -0.126. The third-order valence-electron chi connectivity index (χ3n) is 4.99. The minimum Gasteiger partial charge on any atom is -0.314 e. The van der Waals surface area contributed by atoms with Gasteiger partial charge in [-0.05, 0) is 35.7 Å². The van der Waals surface area contributed by atoms with Gasteiger partial charge in [-0.15, -0.1) is 0 Å². The molecular weight excluding hydrogens is 313 g/mol. The molecule has 0 bridgehead atoms. The van der Waals surface area contributed by atoms with E-state index in [4.69, 9.17) is 0 Å². The first kappa shape index (κ1) is 16.2. The quantitative estimate of drug-likeness (QED) is 0.768. The predicted molar refractivity (Wildman–Crippen MR) is 99.2 cm³/mol. The van der Waals surface area contributed by atoms with Crippen molar-refractivity contribution < 1.29 is 4.39 Å². The van der Waals surface area contributed by atoms with Crippen LogP contribution in [0.3, 0.4) is 0 Å². The smallest absolute Gasteiger partial charge is 0.126 e. The van der Waals surface area contributed by atoms with Crippen LogP contribution in [0, 0.1) is 5.82 Å². The molecule has 1 aliphatic heterocycles. The summed E-state index contributed by atoms with van der Waals surface area (Å²) < 4.78 is 14.5. The van der Waals surface area contributed by atoms with Crippen LogP contribution in [-0.2, 0) is 6.42 Å². The van der Waals surface area contributed by atoms with E-state index in [1.165, 1.54) is 5.56 Å². The maximum atomic E-state index is 14.5. The third-order valence-corrected chi connectivity index (χ3v) is 4.99. The number of aromatic nitrogens is 1. The van der Waals surface area contributed by atoms with E-state index >= 15 is 0 Å². The van der Waals surface area contributed by atoms with E-state index in [2.05, 4.69) is 39.9 Å². The molecule has 1 saturated heterocycles. The number of hydrogen-bond donors (Lipinski definition) is 2. The van der Waals surface area contributed by atoms with Crippen molar-refractivity contribution in [3.63, 3.8) is 0 Å². The molecule has 2 unspecified atom stereocenters. The van der Waals surface area contributed by atoms with Gasteiger partial charge in [0.1, 0.15) is 5.82 Å². The molecule has 0 saturated carbocycles. The molecule has 2 aromatic carbocycles. The molecule has 128 valence electrons. The summed E-state index contributed by atoms with van der Waals surface area (Å²) in [4.78, 5) is 4.45. The van der Waals surface area contributed by atoms with Crippen LogP contribution in [0.2, 0.25) is 0 Å². The van der Waals surface area contributed by atoms with Gasteiger partial charge in [-0.2, -0.15) is 0 Å². The normalized spacial score (nSPS) is 19.0. The molecule has 0 radical (unpaired) electrons. The summed E-state index contributed by atoms with van der Waals surface area (Å²) in [7, 11) is 0. The topological polar surface area (TPSA) is 37.0 Å². The lowest BCUT2D eigenvalue weighted by atomic mass is 9.84. The van der Waals surface area contributed by atoms with Gasteiger partial charge in [-0.1, -0.05) is 36.4 Å². The summed E-state index contributed by atoms with van der Waals surface area (Å²) in [6.45, 7) is 2.72. The number of halogens is 1. The number of hydrogen-bond acceptors (Lipinski definition) is 3. The van der Waals surface area contributed by atoms with E-state index in [0.29, 0.717) is 0 Å². The molecule has 1 fully saturated rings. The van der Waals surface area contributed by atoms with Crippen LogP contribution < -0.4 is 10.6 Å². The van der Waals surface area contributed by atoms with Crippen molar-refractivity contribution in [1.29, 1.82) is 0 Å². The Kier molecular flexibility index (Phi) is 4.72. The highest BCUT2D eigenvalue weighted by molar-refractivity contribution is 5.78. The van der Waals surface area contributed by atoms with Crippen molar-refractivity contribution in [2.45, 2.75) is 18.4 Å². The zero-order chi connectivity index (χ0) is 17.1. The van der Waals surface area contributed by atoms with Gasteiger partial charge in [0.05, 0.1) is 5.52 Å². The van der Waals surface area contributed by atoms with E-state index in [-0.39, 0.29) is 17.8 Å². The van der Waals surface area contributed by atoms with Crippen LogP contribution in [-0.4, -0.2) is 30.7 Å². The van der Waals surface area contributed by atoms with Crippen LogP contribution >= 0.6 is 0 Å². The molecular formula is C21H22FN3. The minimum absolute atomic E-state index is 0.0789. The number of benzene rings is 2. The fourth-order valence-corrected chi connectivity index (χ4v) is 3.70. The number of nitrogens with one attached hydrogen (secondary N) is 2. The Morgan fingerprint density at radius 2 is 2.00 bits per heavy atom. The average molecular weight is 335 g/mol. The number of fused-ring (bicyclic) bond motifs is 1. The zero-order valence-corrected chi connectivity index (χ0v) is 14.1. The maximum Gasteiger partial charge on any atom is 0.126 e. The first-order valence-electron chi connectivity index (χ1n) is 8.83. The van der Waals surface area contributed by atoms with E-state index in [1.807, 2.05) is 24.4 Å². The Bertz CT molecular complexity index is 858. The van der Waals surface area contributed by atoms with Crippen LogP contribution in [0.4, 0.5) is 4.39 Å². The molecule has 25 heavy (non-hydrogen) atoms. The molecule has 1 aromatic heterocycles.